The van der Waals surface area contributed by atoms with Gasteiger partial charge in [0, 0.05) is 11.6 Å². The number of hydrogen-bond acceptors (Lipinski definition) is 6. The average Bonchev–Trinajstić information content (AvgIpc) is 2.60. The Labute approximate surface area is 136 Å². The predicted octanol–water partition coefficient (Wildman–Crippen LogP) is 3.39. The highest BCUT2D eigenvalue weighted by atomic mass is 16.6. The molecule has 0 fully saturated rings. The van der Waals surface area contributed by atoms with Gasteiger partial charge in [-0.05, 0) is 24.3 Å². The minimum Gasteiger partial charge on any atom is -0.490 e. The number of methoxy groups -OCH3 is 2. The van der Waals surface area contributed by atoms with Crippen molar-refractivity contribution in [1.82, 2.24) is 0 Å². The number of nitro benzene ring substituents is 1. The zero-order valence-electron chi connectivity index (χ0n) is 12.9. The first kappa shape index (κ1) is 15.5. The highest BCUT2D eigenvalue weighted by Crippen LogP contribution is 2.40. The summed E-state index contributed by atoms with van der Waals surface area (Å²) in [5, 5.41) is 11.7. The fourth-order valence-corrected chi connectivity index (χ4v) is 2.46. The van der Waals surface area contributed by atoms with Gasteiger partial charge in [-0.15, -0.1) is 0 Å². The molecule has 0 amide bonds. The van der Waals surface area contributed by atoms with Crippen molar-refractivity contribution in [2.45, 2.75) is 0 Å². The van der Waals surface area contributed by atoms with Gasteiger partial charge in [-0.3, -0.25) is 14.9 Å². The molecule has 0 aliphatic carbocycles. The highest BCUT2D eigenvalue weighted by molar-refractivity contribution is 5.79. The van der Waals surface area contributed by atoms with E-state index in [9.17, 15) is 14.9 Å². The van der Waals surface area contributed by atoms with E-state index in [0.717, 1.165) is 0 Å². The summed E-state index contributed by atoms with van der Waals surface area (Å²) >= 11 is 0. The van der Waals surface area contributed by atoms with Crippen LogP contribution in [0, 0.1) is 10.1 Å². The van der Waals surface area contributed by atoms with Gasteiger partial charge in [-0.2, -0.15) is 0 Å². The second-order valence-corrected chi connectivity index (χ2v) is 4.96. The summed E-state index contributed by atoms with van der Waals surface area (Å²) in [6, 6.07) is 11.1. The second-order valence-electron chi connectivity index (χ2n) is 4.96. The van der Waals surface area contributed by atoms with Crippen LogP contribution in [0.3, 0.4) is 0 Å². The molecule has 1 aromatic heterocycles. The normalized spacial score (nSPS) is 10.6. The molecular formula is C17H13NO6. The Bertz CT molecular complexity index is 967. The van der Waals surface area contributed by atoms with Gasteiger partial charge in [0.05, 0.1) is 24.5 Å². The molecule has 0 aliphatic heterocycles. The van der Waals surface area contributed by atoms with Crippen molar-refractivity contribution in [2.75, 3.05) is 14.2 Å². The lowest BCUT2D eigenvalue weighted by atomic mass is 10.1. The van der Waals surface area contributed by atoms with E-state index < -0.39 is 4.92 Å². The van der Waals surface area contributed by atoms with Crippen LogP contribution in [0.5, 0.6) is 11.5 Å². The largest absolute Gasteiger partial charge is 0.490 e. The Morgan fingerprint density at radius 1 is 1.04 bits per heavy atom. The maximum Gasteiger partial charge on any atom is 0.352 e. The molecule has 3 aromatic rings. The number of fused-ring (bicyclic) bond motifs is 1. The molecule has 0 bridgehead atoms. The first-order chi connectivity index (χ1) is 11.5. The first-order valence-corrected chi connectivity index (χ1v) is 6.99. The van der Waals surface area contributed by atoms with Crippen molar-refractivity contribution in [1.29, 1.82) is 0 Å². The molecule has 0 N–H and O–H groups in total. The summed E-state index contributed by atoms with van der Waals surface area (Å²) in [5.41, 5.74) is 0.378. The third-order valence-corrected chi connectivity index (χ3v) is 3.58. The van der Waals surface area contributed by atoms with E-state index in [4.69, 9.17) is 13.9 Å². The summed E-state index contributed by atoms with van der Waals surface area (Å²) in [6.45, 7) is 0. The van der Waals surface area contributed by atoms with Gasteiger partial charge < -0.3 is 13.9 Å². The Kier molecular flexibility index (Phi) is 3.91. The van der Waals surface area contributed by atoms with Crippen molar-refractivity contribution in [2.24, 2.45) is 0 Å². The van der Waals surface area contributed by atoms with Gasteiger partial charge in [-0.25, -0.2) is 0 Å². The average molecular weight is 327 g/mol. The third kappa shape index (κ3) is 2.56. The van der Waals surface area contributed by atoms with Gasteiger partial charge in [0.2, 0.25) is 11.5 Å². The lowest BCUT2D eigenvalue weighted by Gasteiger charge is -2.09. The quantitative estimate of drug-likeness (QED) is 0.539. The molecule has 7 heteroatoms. The van der Waals surface area contributed by atoms with Crippen LogP contribution in [0.25, 0.3) is 22.3 Å². The second kappa shape index (κ2) is 6.04. The van der Waals surface area contributed by atoms with E-state index in [1.165, 1.54) is 32.4 Å². The fraction of sp³-hybridized carbons (Fsp3) is 0.118. The SMILES string of the molecule is COc1cc(-c2cc(=O)c3ccccc3o2)cc(OC)c1[N+](=O)[O-]. The van der Waals surface area contributed by atoms with Crippen LogP contribution in [0.1, 0.15) is 0 Å². The fourth-order valence-electron chi connectivity index (χ4n) is 2.46. The molecule has 0 unspecified atom stereocenters. The van der Waals surface area contributed by atoms with Crippen LogP contribution in [0.2, 0.25) is 0 Å². The van der Waals surface area contributed by atoms with Crippen molar-refractivity contribution in [3.8, 4) is 22.8 Å². The van der Waals surface area contributed by atoms with Crippen molar-refractivity contribution in [3.05, 3.63) is 62.8 Å². The number of rotatable bonds is 4. The van der Waals surface area contributed by atoms with Gasteiger partial charge in [-0.1, -0.05) is 12.1 Å². The molecule has 24 heavy (non-hydrogen) atoms. The molecular weight excluding hydrogens is 314 g/mol. The minimum atomic E-state index is -0.585. The minimum absolute atomic E-state index is 0.0187. The number of hydrogen-bond donors (Lipinski definition) is 0. The van der Waals surface area contributed by atoms with E-state index in [-0.39, 0.29) is 28.4 Å². The maximum absolute atomic E-state index is 12.2. The van der Waals surface area contributed by atoms with Gasteiger partial charge in [0.25, 0.3) is 0 Å². The van der Waals surface area contributed by atoms with E-state index in [0.29, 0.717) is 16.5 Å². The van der Waals surface area contributed by atoms with Crippen LogP contribution in [-0.2, 0) is 0 Å². The number of ether oxygens (including phenoxy) is 2. The molecule has 1 heterocycles. The van der Waals surface area contributed by atoms with E-state index >= 15 is 0 Å². The molecule has 7 nitrogen and oxygen atoms in total. The number of nitro groups is 1. The number of benzene rings is 2. The lowest BCUT2D eigenvalue weighted by molar-refractivity contribution is -0.386. The Hall–Kier alpha value is -3.35. The monoisotopic (exact) mass is 327 g/mol. The van der Waals surface area contributed by atoms with E-state index in [1.807, 2.05) is 0 Å². The van der Waals surface area contributed by atoms with Crippen LogP contribution < -0.4 is 14.9 Å². The first-order valence-electron chi connectivity index (χ1n) is 6.99. The van der Waals surface area contributed by atoms with Crippen LogP contribution in [0.4, 0.5) is 5.69 Å². The summed E-state index contributed by atoms with van der Waals surface area (Å²) in [5.74, 6) is 0.306. The molecule has 3 rings (SSSR count). The van der Waals surface area contributed by atoms with Crippen LogP contribution in [-0.4, -0.2) is 19.1 Å². The maximum atomic E-state index is 12.2. The molecule has 0 spiro atoms. The number of para-hydroxylation sites is 1. The molecule has 0 radical (unpaired) electrons. The predicted molar refractivity (Wildman–Crippen MR) is 87.7 cm³/mol. The molecule has 0 saturated heterocycles. The summed E-state index contributed by atoms with van der Waals surface area (Å²) in [7, 11) is 2.64. The molecule has 0 aliphatic rings. The molecule has 122 valence electrons. The van der Waals surface area contributed by atoms with E-state index in [1.54, 1.807) is 24.3 Å². The zero-order valence-corrected chi connectivity index (χ0v) is 12.9. The lowest BCUT2D eigenvalue weighted by Crippen LogP contribution is -2.01. The summed E-state index contributed by atoms with van der Waals surface area (Å²) in [6.07, 6.45) is 0. The Balaban J connectivity index is 2.27. The summed E-state index contributed by atoms with van der Waals surface area (Å²) in [4.78, 5) is 22.9. The zero-order chi connectivity index (χ0) is 17.3. The molecule has 0 atom stereocenters. The standard InChI is InChI=1S/C17H13NO6/c1-22-15-7-10(8-16(23-2)17(15)18(20)21)14-9-12(19)11-5-3-4-6-13(11)24-14/h3-9H,1-2H3. The Morgan fingerprint density at radius 2 is 1.67 bits per heavy atom. The summed E-state index contributed by atoms with van der Waals surface area (Å²) < 4.78 is 15.9. The molecule has 2 aromatic carbocycles. The number of nitrogens with zero attached hydrogens (tertiary/aromatic N) is 1. The highest BCUT2D eigenvalue weighted by Gasteiger charge is 2.24. The van der Waals surface area contributed by atoms with Gasteiger partial charge in [0.15, 0.2) is 5.43 Å². The van der Waals surface area contributed by atoms with Gasteiger partial charge in [0.1, 0.15) is 11.3 Å². The Morgan fingerprint density at radius 3 is 2.25 bits per heavy atom. The third-order valence-electron chi connectivity index (χ3n) is 3.58. The van der Waals surface area contributed by atoms with Crippen molar-refractivity contribution < 1.29 is 18.8 Å². The smallest absolute Gasteiger partial charge is 0.352 e. The van der Waals surface area contributed by atoms with Crippen molar-refractivity contribution >= 4 is 16.7 Å². The van der Waals surface area contributed by atoms with Crippen LogP contribution >= 0.6 is 0 Å². The topological polar surface area (TPSA) is 91.8 Å². The molecule has 0 saturated carbocycles. The van der Waals surface area contributed by atoms with E-state index in [2.05, 4.69) is 0 Å². The van der Waals surface area contributed by atoms with Crippen LogP contribution in [0.15, 0.2) is 51.7 Å². The van der Waals surface area contributed by atoms with Gasteiger partial charge >= 0.3 is 5.69 Å². The van der Waals surface area contributed by atoms with Crippen molar-refractivity contribution in [3.63, 3.8) is 0 Å².